The number of imidazole rings is 1. The van der Waals surface area contributed by atoms with Gasteiger partial charge in [0.15, 0.2) is 0 Å². The zero-order valence-corrected chi connectivity index (χ0v) is 12.3. The highest BCUT2D eigenvalue weighted by Gasteiger charge is 2.12. The molecule has 0 spiro atoms. The normalized spacial score (nSPS) is 12.1. The van der Waals surface area contributed by atoms with Crippen LogP contribution in [0.2, 0.25) is 5.02 Å². The summed E-state index contributed by atoms with van der Waals surface area (Å²) in [6, 6.07) is 15.6. The standard InChI is InChI=1S/C17H15ClN2O/c1-12(13-6-8-14(18)9-7-13)21-17-5-3-2-4-15(17)16-10-19-11-20-16/h2-12H,1H3,(H,19,20). The minimum atomic E-state index is -0.0636. The van der Waals surface area contributed by atoms with E-state index in [1.54, 1.807) is 12.5 Å². The molecule has 4 heteroatoms. The molecule has 0 saturated heterocycles. The Kier molecular flexibility index (Phi) is 3.93. The van der Waals surface area contributed by atoms with Crippen LogP contribution in [0.15, 0.2) is 61.1 Å². The molecule has 3 rings (SSSR count). The van der Waals surface area contributed by atoms with Crippen molar-refractivity contribution in [3.05, 3.63) is 71.6 Å². The predicted molar refractivity (Wildman–Crippen MR) is 84.5 cm³/mol. The highest BCUT2D eigenvalue weighted by atomic mass is 35.5. The third kappa shape index (κ3) is 3.09. The molecular weight excluding hydrogens is 284 g/mol. The van der Waals surface area contributed by atoms with Crippen LogP contribution in [0.5, 0.6) is 5.75 Å². The summed E-state index contributed by atoms with van der Waals surface area (Å²) in [4.78, 5) is 7.17. The van der Waals surface area contributed by atoms with Gasteiger partial charge in [0.1, 0.15) is 11.9 Å². The number of benzene rings is 2. The lowest BCUT2D eigenvalue weighted by Crippen LogP contribution is -2.03. The Morgan fingerprint density at radius 1 is 1.10 bits per heavy atom. The summed E-state index contributed by atoms with van der Waals surface area (Å²) in [5, 5.41) is 0.726. The summed E-state index contributed by atoms with van der Waals surface area (Å²) in [5.41, 5.74) is 3.02. The number of aromatic amines is 1. The molecule has 0 aliphatic heterocycles. The lowest BCUT2D eigenvalue weighted by molar-refractivity contribution is 0.228. The van der Waals surface area contributed by atoms with Gasteiger partial charge in [-0.1, -0.05) is 35.9 Å². The lowest BCUT2D eigenvalue weighted by Gasteiger charge is -2.17. The number of rotatable bonds is 4. The van der Waals surface area contributed by atoms with Crippen molar-refractivity contribution < 1.29 is 4.74 Å². The van der Waals surface area contributed by atoms with Gasteiger partial charge in [-0.3, -0.25) is 0 Å². The molecule has 1 atom stereocenters. The van der Waals surface area contributed by atoms with Gasteiger partial charge in [0.2, 0.25) is 0 Å². The quantitative estimate of drug-likeness (QED) is 0.746. The SMILES string of the molecule is CC(Oc1ccccc1-c1cnc[nH]1)c1ccc(Cl)cc1. The Hall–Kier alpha value is -2.26. The molecule has 3 nitrogen and oxygen atoms in total. The summed E-state index contributed by atoms with van der Waals surface area (Å²) in [6.07, 6.45) is 3.38. The monoisotopic (exact) mass is 298 g/mol. The minimum Gasteiger partial charge on any atom is -0.485 e. The number of nitrogens with zero attached hydrogens (tertiary/aromatic N) is 1. The molecule has 21 heavy (non-hydrogen) atoms. The second-order valence-corrected chi connectivity index (χ2v) is 5.21. The molecule has 0 aliphatic rings. The van der Waals surface area contributed by atoms with Gasteiger partial charge in [-0.05, 0) is 36.8 Å². The molecule has 1 unspecified atom stereocenters. The first-order chi connectivity index (χ1) is 10.2. The Morgan fingerprint density at radius 2 is 1.86 bits per heavy atom. The van der Waals surface area contributed by atoms with Crippen molar-refractivity contribution in [1.82, 2.24) is 9.97 Å². The van der Waals surface area contributed by atoms with Crippen LogP contribution in [0.4, 0.5) is 0 Å². The Labute approximate surface area is 128 Å². The minimum absolute atomic E-state index is 0.0636. The highest BCUT2D eigenvalue weighted by Crippen LogP contribution is 2.31. The number of aromatic nitrogens is 2. The summed E-state index contributed by atoms with van der Waals surface area (Å²) in [7, 11) is 0. The fraction of sp³-hybridized carbons (Fsp3) is 0.118. The van der Waals surface area contributed by atoms with E-state index in [1.165, 1.54) is 0 Å². The summed E-state index contributed by atoms with van der Waals surface area (Å²) >= 11 is 5.92. The van der Waals surface area contributed by atoms with Crippen LogP contribution < -0.4 is 4.74 Å². The van der Waals surface area contributed by atoms with Gasteiger partial charge in [-0.2, -0.15) is 0 Å². The van der Waals surface area contributed by atoms with E-state index in [-0.39, 0.29) is 6.10 Å². The molecule has 0 amide bonds. The fourth-order valence-corrected chi connectivity index (χ4v) is 2.31. The second kappa shape index (κ2) is 6.02. The average molecular weight is 299 g/mol. The topological polar surface area (TPSA) is 37.9 Å². The van der Waals surface area contributed by atoms with E-state index in [0.717, 1.165) is 27.6 Å². The second-order valence-electron chi connectivity index (χ2n) is 4.77. The number of hydrogen-bond acceptors (Lipinski definition) is 2. The van der Waals surface area contributed by atoms with Crippen molar-refractivity contribution in [2.24, 2.45) is 0 Å². The van der Waals surface area contributed by atoms with E-state index < -0.39 is 0 Å². The van der Waals surface area contributed by atoms with Crippen molar-refractivity contribution in [3.63, 3.8) is 0 Å². The maximum atomic E-state index is 6.10. The van der Waals surface area contributed by atoms with Crippen molar-refractivity contribution in [2.45, 2.75) is 13.0 Å². The molecule has 0 aliphatic carbocycles. The smallest absolute Gasteiger partial charge is 0.129 e. The van der Waals surface area contributed by atoms with Crippen LogP contribution in [0.25, 0.3) is 11.3 Å². The molecule has 0 saturated carbocycles. The van der Waals surface area contributed by atoms with Crippen molar-refractivity contribution in [2.75, 3.05) is 0 Å². The van der Waals surface area contributed by atoms with E-state index in [9.17, 15) is 0 Å². The van der Waals surface area contributed by atoms with Crippen LogP contribution >= 0.6 is 11.6 Å². The first-order valence-corrected chi connectivity index (χ1v) is 7.12. The molecule has 2 aromatic carbocycles. The first kappa shape index (κ1) is 13.7. The zero-order chi connectivity index (χ0) is 14.7. The van der Waals surface area contributed by atoms with Gasteiger partial charge in [0.25, 0.3) is 0 Å². The fourth-order valence-electron chi connectivity index (χ4n) is 2.19. The van der Waals surface area contributed by atoms with Crippen LogP contribution in [0.3, 0.4) is 0 Å². The molecule has 0 radical (unpaired) electrons. The predicted octanol–water partition coefficient (Wildman–Crippen LogP) is 4.87. The maximum Gasteiger partial charge on any atom is 0.129 e. The highest BCUT2D eigenvalue weighted by molar-refractivity contribution is 6.30. The van der Waals surface area contributed by atoms with Crippen LogP contribution in [-0.4, -0.2) is 9.97 Å². The third-order valence-electron chi connectivity index (χ3n) is 3.32. The van der Waals surface area contributed by atoms with Gasteiger partial charge in [0, 0.05) is 10.6 Å². The Bertz CT molecular complexity index is 708. The van der Waals surface area contributed by atoms with Crippen molar-refractivity contribution in [1.29, 1.82) is 0 Å². The average Bonchev–Trinajstić information content (AvgIpc) is 3.02. The van der Waals surface area contributed by atoms with Gasteiger partial charge in [-0.25, -0.2) is 4.98 Å². The molecule has 0 bridgehead atoms. The van der Waals surface area contributed by atoms with Crippen LogP contribution in [0.1, 0.15) is 18.6 Å². The van der Waals surface area contributed by atoms with Crippen LogP contribution in [0, 0.1) is 0 Å². The number of para-hydroxylation sites is 1. The summed E-state index contributed by atoms with van der Waals surface area (Å²) in [5.74, 6) is 0.823. The van der Waals surface area contributed by atoms with E-state index >= 15 is 0 Å². The number of hydrogen-bond donors (Lipinski definition) is 1. The molecule has 1 aromatic heterocycles. The largest absolute Gasteiger partial charge is 0.485 e. The van der Waals surface area contributed by atoms with E-state index in [2.05, 4.69) is 9.97 Å². The summed E-state index contributed by atoms with van der Waals surface area (Å²) < 4.78 is 6.10. The van der Waals surface area contributed by atoms with E-state index in [1.807, 2.05) is 55.5 Å². The van der Waals surface area contributed by atoms with E-state index in [0.29, 0.717) is 0 Å². The third-order valence-corrected chi connectivity index (χ3v) is 3.57. The number of nitrogens with one attached hydrogen (secondary N) is 1. The molecular formula is C17H15ClN2O. The molecule has 0 fully saturated rings. The van der Waals surface area contributed by atoms with E-state index in [4.69, 9.17) is 16.3 Å². The molecule has 1 N–H and O–H groups in total. The van der Waals surface area contributed by atoms with Gasteiger partial charge in [0.05, 0.1) is 18.2 Å². The summed E-state index contributed by atoms with van der Waals surface area (Å²) in [6.45, 7) is 2.02. The van der Waals surface area contributed by atoms with Gasteiger partial charge in [-0.15, -0.1) is 0 Å². The molecule has 3 aromatic rings. The number of ether oxygens (including phenoxy) is 1. The first-order valence-electron chi connectivity index (χ1n) is 6.74. The lowest BCUT2D eigenvalue weighted by atomic mass is 10.1. The number of H-pyrrole nitrogens is 1. The number of halogens is 1. The van der Waals surface area contributed by atoms with Gasteiger partial charge < -0.3 is 9.72 Å². The van der Waals surface area contributed by atoms with Crippen molar-refractivity contribution >= 4 is 11.6 Å². The zero-order valence-electron chi connectivity index (χ0n) is 11.6. The van der Waals surface area contributed by atoms with Crippen molar-refractivity contribution in [3.8, 4) is 17.0 Å². The van der Waals surface area contributed by atoms with Gasteiger partial charge >= 0.3 is 0 Å². The Morgan fingerprint density at radius 3 is 2.57 bits per heavy atom. The molecule has 1 heterocycles. The maximum absolute atomic E-state index is 6.10. The van der Waals surface area contributed by atoms with Crippen LogP contribution in [-0.2, 0) is 0 Å². The Balaban J connectivity index is 1.86. The molecule has 106 valence electrons.